The molecule has 1 N–H and O–H groups in total. The van der Waals surface area contributed by atoms with E-state index in [2.05, 4.69) is 26.2 Å². The van der Waals surface area contributed by atoms with E-state index in [0.717, 1.165) is 26.2 Å². The average Bonchev–Trinajstić information content (AvgIpc) is 2.97. The van der Waals surface area contributed by atoms with Gasteiger partial charge in [-0.3, -0.25) is 10.1 Å². The lowest BCUT2D eigenvalue weighted by Gasteiger charge is -2.07. The Morgan fingerprint density at radius 3 is 2.65 bits per heavy atom. The normalized spacial score (nSPS) is 10.6. The lowest BCUT2D eigenvalue weighted by Crippen LogP contribution is -2.20. The van der Waals surface area contributed by atoms with Crippen molar-refractivity contribution in [1.29, 1.82) is 0 Å². The van der Waals surface area contributed by atoms with E-state index >= 15 is 0 Å². The van der Waals surface area contributed by atoms with E-state index in [4.69, 9.17) is 4.74 Å². The third kappa shape index (κ3) is 4.47. The summed E-state index contributed by atoms with van der Waals surface area (Å²) in [6.45, 7) is 3.75. The van der Waals surface area contributed by atoms with Crippen LogP contribution in [-0.2, 0) is 4.79 Å². The molecule has 0 aliphatic carbocycles. The standard InChI is InChI=1S/C19H16BrFN2O2S/c1-11-9-15(7-8-16(11)20)25-10-17(24)22-19-23-18(12(2)26-19)13-3-5-14(21)6-4-13/h3-9H,10H2,1-2H3,(H,22,23,24). The molecule has 0 bridgehead atoms. The van der Waals surface area contributed by atoms with E-state index in [1.165, 1.54) is 23.5 Å². The molecule has 0 fully saturated rings. The fraction of sp³-hybridized carbons (Fsp3) is 0.158. The molecule has 0 spiro atoms. The van der Waals surface area contributed by atoms with Gasteiger partial charge in [0.1, 0.15) is 11.6 Å². The zero-order chi connectivity index (χ0) is 18.7. The van der Waals surface area contributed by atoms with E-state index in [1.807, 2.05) is 26.0 Å². The molecule has 3 rings (SSSR count). The summed E-state index contributed by atoms with van der Waals surface area (Å²) in [6.07, 6.45) is 0. The summed E-state index contributed by atoms with van der Waals surface area (Å²) in [5.41, 5.74) is 2.57. The van der Waals surface area contributed by atoms with E-state index in [0.29, 0.717) is 10.9 Å². The van der Waals surface area contributed by atoms with Gasteiger partial charge in [0.15, 0.2) is 11.7 Å². The number of anilines is 1. The van der Waals surface area contributed by atoms with Crippen molar-refractivity contribution in [2.45, 2.75) is 13.8 Å². The molecule has 0 radical (unpaired) electrons. The van der Waals surface area contributed by atoms with Crippen molar-refractivity contribution in [1.82, 2.24) is 4.98 Å². The van der Waals surface area contributed by atoms with Crippen LogP contribution in [-0.4, -0.2) is 17.5 Å². The first-order valence-electron chi connectivity index (χ1n) is 7.84. The Labute approximate surface area is 163 Å². The quantitative estimate of drug-likeness (QED) is 0.588. The SMILES string of the molecule is Cc1cc(OCC(=O)Nc2nc(-c3ccc(F)cc3)c(C)s2)ccc1Br. The molecule has 1 aromatic heterocycles. The van der Waals surface area contributed by atoms with Crippen molar-refractivity contribution < 1.29 is 13.9 Å². The van der Waals surface area contributed by atoms with Gasteiger partial charge in [-0.1, -0.05) is 15.9 Å². The fourth-order valence-corrected chi connectivity index (χ4v) is 3.44. The number of benzene rings is 2. The first-order chi connectivity index (χ1) is 12.4. The van der Waals surface area contributed by atoms with Gasteiger partial charge in [-0.15, -0.1) is 11.3 Å². The number of amides is 1. The molecule has 1 heterocycles. The number of halogens is 2. The number of nitrogens with one attached hydrogen (secondary N) is 1. The van der Waals surface area contributed by atoms with Crippen molar-refractivity contribution in [2.75, 3.05) is 11.9 Å². The molecule has 134 valence electrons. The third-order valence-corrected chi connectivity index (χ3v) is 5.44. The summed E-state index contributed by atoms with van der Waals surface area (Å²) in [4.78, 5) is 17.5. The highest BCUT2D eigenvalue weighted by Gasteiger charge is 2.13. The Morgan fingerprint density at radius 2 is 1.96 bits per heavy atom. The minimum absolute atomic E-state index is 0.106. The molecule has 1 amide bonds. The molecule has 2 aromatic carbocycles. The van der Waals surface area contributed by atoms with Crippen molar-refractivity contribution >= 4 is 38.3 Å². The Morgan fingerprint density at radius 1 is 1.23 bits per heavy atom. The number of hydrogen-bond donors (Lipinski definition) is 1. The number of rotatable bonds is 5. The van der Waals surface area contributed by atoms with Crippen LogP contribution < -0.4 is 10.1 Å². The van der Waals surface area contributed by atoms with Crippen LogP contribution >= 0.6 is 27.3 Å². The number of carbonyl (C=O) groups is 1. The molecule has 0 aliphatic rings. The highest BCUT2D eigenvalue weighted by atomic mass is 79.9. The van der Waals surface area contributed by atoms with E-state index < -0.39 is 0 Å². The summed E-state index contributed by atoms with van der Waals surface area (Å²) in [7, 11) is 0. The molecular weight excluding hydrogens is 419 g/mol. The molecule has 0 unspecified atom stereocenters. The topological polar surface area (TPSA) is 51.2 Å². The average molecular weight is 435 g/mol. The van der Waals surface area contributed by atoms with Gasteiger partial charge >= 0.3 is 0 Å². The summed E-state index contributed by atoms with van der Waals surface area (Å²) in [5.74, 6) is 0.0450. The van der Waals surface area contributed by atoms with Crippen LogP contribution in [0.5, 0.6) is 5.75 Å². The smallest absolute Gasteiger partial charge is 0.264 e. The van der Waals surface area contributed by atoms with Gasteiger partial charge < -0.3 is 4.74 Å². The third-order valence-electron chi connectivity index (χ3n) is 3.66. The van der Waals surface area contributed by atoms with Crippen LogP contribution in [0.15, 0.2) is 46.9 Å². The van der Waals surface area contributed by atoms with Crippen LogP contribution in [0.25, 0.3) is 11.3 Å². The zero-order valence-electron chi connectivity index (χ0n) is 14.2. The van der Waals surface area contributed by atoms with Crippen LogP contribution in [0.4, 0.5) is 9.52 Å². The zero-order valence-corrected chi connectivity index (χ0v) is 16.6. The Kier molecular flexibility index (Phi) is 5.68. The second-order valence-corrected chi connectivity index (χ2v) is 7.74. The highest BCUT2D eigenvalue weighted by Crippen LogP contribution is 2.30. The minimum atomic E-state index is -0.296. The lowest BCUT2D eigenvalue weighted by atomic mass is 10.1. The number of nitrogens with zero attached hydrogens (tertiary/aromatic N) is 1. The largest absolute Gasteiger partial charge is 0.484 e. The maximum absolute atomic E-state index is 13.1. The second kappa shape index (κ2) is 7.97. The van der Waals surface area contributed by atoms with Crippen LogP contribution in [0.2, 0.25) is 0 Å². The molecule has 26 heavy (non-hydrogen) atoms. The van der Waals surface area contributed by atoms with E-state index in [1.54, 1.807) is 18.2 Å². The second-order valence-electron chi connectivity index (χ2n) is 5.68. The number of carbonyl (C=O) groups excluding carboxylic acids is 1. The van der Waals surface area contributed by atoms with Crippen molar-refractivity contribution in [3.63, 3.8) is 0 Å². The maximum Gasteiger partial charge on any atom is 0.264 e. The Hall–Kier alpha value is -2.25. The maximum atomic E-state index is 13.1. The predicted molar refractivity (Wildman–Crippen MR) is 105 cm³/mol. The lowest BCUT2D eigenvalue weighted by molar-refractivity contribution is -0.118. The van der Waals surface area contributed by atoms with Crippen molar-refractivity contribution in [3.05, 3.63) is 63.2 Å². The van der Waals surface area contributed by atoms with Crippen LogP contribution in [0.3, 0.4) is 0 Å². The van der Waals surface area contributed by atoms with E-state index in [9.17, 15) is 9.18 Å². The monoisotopic (exact) mass is 434 g/mol. The van der Waals surface area contributed by atoms with Gasteiger partial charge in [-0.25, -0.2) is 9.37 Å². The molecule has 4 nitrogen and oxygen atoms in total. The minimum Gasteiger partial charge on any atom is -0.484 e. The van der Waals surface area contributed by atoms with E-state index in [-0.39, 0.29) is 18.3 Å². The van der Waals surface area contributed by atoms with Gasteiger partial charge in [-0.05, 0) is 61.9 Å². The highest BCUT2D eigenvalue weighted by molar-refractivity contribution is 9.10. The summed E-state index contributed by atoms with van der Waals surface area (Å²) >= 11 is 4.79. The summed E-state index contributed by atoms with van der Waals surface area (Å²) < 4.78 is 19.6. The summed E-state index contributed by atoms with van der Waals surface area (Å²) in [6, 6.07) is 11.6. The molecule has 3 aromatic rings. The number of ether oxygens (including phenoxy) is 1. The fourth-order valence-electron chi connectivity index (χ4n) is 2.34. The first-order valence-corrected chi connectivity index (χ1v) is 9.45. The van der Waals surface area contributed by atoms with Gasteiger partial charge in [-0.2, -0.15) is 0 Å². The van der Waals surface area contributed by atoms with Crippen LogP contribution in [0, 0.1) is 19.7 Å². The number of thiazole rings is 1. The van der Waals surface area contributed by atoms with Gasteiger partial charge in [0.2, 0.25) is 0 Å². The van der Waals surface area contributed by atoms with Crippen molar-refractivity contribution in [3.8, 4) is 17.0 Å². The number of hydrogen-bond acceptors (Lipinski definition) is 4. The number of aromatic nitrogens is 1. The van der Waals surface area contributed by atoms with Gasteiger partial charge in [0.05, 0.1) is 5.69 Å². The van der Waals surface area contributed by atoms with Gasteiger partial charge in [0.25, 0.3) is 5.91 Å². The molecule has 0 saturated carbocycles. The Bertz CT molecular complexity index is 941. The molecule has 0 aliphatic heterocycles. The molecular formula is C19H16BrFN2O2S. The molecule has 0 saturated heterocycles. The van der Waals surface area contributed by atoms with Crippen LogP contribution in [0.1, 0.15) is 10.4 Å². The first kappa shape index (κ1) is 18.5. The van der Waals surface area contributed by atoms with Crippen molar-refractivity contribution in [2.24, 2.45) is 0 Å². The van der Waals surface area contributed by atoms with Gasteiger partial charge in [0, 0.05) is 14.9 Å². The predicted octanol–water partition coefficient (Wildman–Crippen LogP) is 5.35. The Balaban J connectivity index is 1.63. The molecule has 0 atom stereocenters. The summed E-state index contributed by atoms with van der Waals surface area (Å²) in [5, 5.41) is 3.23. The molecule has 7 heteroatoms. The number of aryl methyl sites for hydroxylation is 2.